The lowest BCUT2D eigenvalue weighted by atomic mass is 9.97. The second-order valence-electron chi connectivity index (χ2n) is 4.14. The molecule has 94 valence electrons. The Labute approximate surface area is 111 Å². The van der Waals surface area contributed by atoms with Crippen molar-refractivity contribution in [1.82, 2.24) is 5.32 Å². The van der Waals surface area contributed by atoms with Crippen molar-refractivity contribution >= 4 is 29.1 Å². The molecule has 1 atom stereocenters. The molecular weight excluding hydrogens is 259 g/mol. The van der Waals surface area contributed by atoms with Gasteiger partial charge in [-0.05, 0) is 37.1 Å². The first-order valence-electron chi connectivity index (χ1n) is 5.38. The summed E-state index contributed by atoms with van der Waals surface area (Å²) in [4.78, 5) is 11.3. The van der Waals surface area contributed by atoms with Crippen molar-refractivity contribution < 1.29 is 4.79 Å². The Bertz CT molecular complexity index is 423. The standard InChI is InChI=1S/C12H16Cl2N2O/c1-3-12(2,11(15)17)16-7-8-6-9(13)4-5-10(8)14/h4-6,16H,3,7H2,1-2H3,(H2,15,17)/t12-/m1/s1. The van der Waals surface area contributed by atoms with E-state index in [0.717, 1.165) is 5.56 Å². The average Bonchev–Trinajstić information content (AvgIpc) is 2.29. The molecule has 0 aliphatic heterocycles. The van der Waals surface area contributed by atoms with E-state index in [1.165, 1.54) is 0 Å². The zero-order valence-corrected chi connectivity index (χ0v) is 11.4. The maximum absolute atomic E-state index is 11.3. The van der Waals surface area contributed by atoms with Crippen LogP contribution < -0.4 is 11.1 Å². The Hall–Kier alpha value is -0.770. The van der Waals surface area contributed by atoms with Gasteiger partial charge in [-0.15, -0.1) is 0 Å². The minimum absolute atomic E-state index is 0.377. The van der Waals surface area contributed by atoms with Gasteiger partial charge in [0.15, 0.2) is 0 Å². The molecule has 0 saturated heterocycles. The van der Waals surface area contributed by atoms with Gasteiger partial charge in [-0.3, -0.25) is 10.1 Å². The van der Waals surface area contributed by atoms with E-state index >= 15 is 0 Å². The second kappa shape index (κ2) is 5.71. The molecule has 0 bridgehead atoms. The van der Waals surface area contributed by atoms with Gasteiger partial charge in [0.25, 0.3) is 0 Å². The van der Waals surface area contributed by atoms with Crippen LogP contribution >= 0.6 is 23.2 Å². The van der Waals surface area contributed by atoms with Gasteiger partial charge in [0.1, 0.15) is 0 Å². The summed E-state index contributed by atoms with van der Waals surface area (Å²) in [6, 6.07) is 5.23. The molecule has 17 heavy (non-hydrogen) atoms. The van der Waals surface area contributed by atoms with Crippen molar-refractivity contribution in [2.75, 3.05) is 0 Å². The summed E-state index contributed by atoms with van der Waals surface area (Å²) in [6.07, 6.45) is 0.612. The summed E-state index contributed by atoms with van der Waals surface area (Å²) >= 11 is 11.9. The normalized spacial score (nSPS) is 14.4. The quantitative estimate of drug-likeness (QED) is 0.868. The molecule has 0 heterocycles. The van der Waals surface area contributed by atoms with Crippen molar-refractivity contribution in [3.63, 3.8) is 0 Å². The highest BCUT2D eigenvalue weighted by molar-refractivity contribution is 6.33. The van der Waals surface area contributed by atoms with Crippen molar-refractivity contribution in [3.05, 3.63) is 33.8 Å². The van der Waals surface area contributed by atoms with Crippen LogP contribution in [-0.4, -0.2) is 11.4 Å². The number of amides is 1. The van der Waals surface area contributed by atoms with E-state index in [0.29, 0.717) is 23.0 Å². The largest absolute Gasteiger partial charge is 0.368 e. The highest BCUT2D eigenvalue weighted by Gasteiger charge is 2.28. The van der Waals surface area contributed by atoms with Crippen molar-refractivity contribution in [2.45, 2.75) is 32.4 Å². The Morgan fingerprint density at radius 2 is 2.12 bits per heavy atom. The number of carbonyl (C=O) groups excluding carboxylic acids is 1. The Morgan fingerprint density at radius 1 is 1.47 bits per heavy atom. The lowest BCUT2D eigenvalue weighted by molar-refractivity contribution is -0.124. The van der Waals surface area contributed by atoms with Gasteiger partial charge in [-0.25, -0.2) is 0 Å². The monoisotopic (exact) mass is 274 g/mol. The number of carbonyl (C=O) groups is 1. The predicted molar refractivity (Wildman–Crippen MR) is 71.2 cm³/mol. The smallest absolute Gasteiger partial charge is 0.237 e. The minimum atomic E-state index is -0.731. The third-order valence-electron chi connectivity index (χ3n) is 2.93. The number of primary amides is 1. The van der Waals surface area contributed by atoms with Crippen molar-refractivity contribution in [2.24, 2.45) is 5.73 Å². The molecule has 0 saturated carbocycles. The van der Waals surface area contributed by atoms with E-state index in [9.17, 15) is 4.79 Å². The third kappa shape index (κ3) is 3.60. The summed E-state index contributed by atoms with van der Waals surface area (Å²) in [5.74, 6) is -0.377. The van der Waals surface area contributed by atoms with Crippen LogP contribution in [0.4, 0.5) is 0 Å². The molecule has 1 amide bonds. The third-order valence-corrected chi connectivity index (χ3v) is 3.53. The second-order valence-corrected chi connectivity index (χ2v) is 4.98. The number of rotatable bonds is 5. The molecule has 1 rings (SSSR count). The number of nitrogens with two attached hydrogens (primary N) is 1. The summed E-state index contributed by atoms with van der Waals surface area (Å²) in [7, 11) is 0. The van der Waals surface area contributed by atoms with E-state index in [1.54, 1.807) is 25.1 Å². The van der Waals surface area contributed by atoms with Gasteiger partial charge in [0.2, 0.25) is 5.91 Å². The van der Waals surface area contributed by atoms with Gasteiger partial charge in [0.05, 0.1) is 5.54 Å². The van der Waals surface area contributed by atoms with Crippen molar-refractivity contribution in [1.29, 1.82) is 0 Å². The molecule has 0 fully saturated rings. The van der Waals surface area contributed by atoms with Crippen LogP contribution in [0.15, 0.2) is 18.2 Å². The molecule has 0 aliphatic rings. The molecule has 0 radical (unpaired) electrons. The molecule has 0 unspecified atom stereocenters. The molecule has 1 aromatic carbocycles. The molecule has 0 aliphatic carbocycles. The molecule has 0 aromatic heterocycles. The lowest BCUT2D eigenvalue weighted by Gasteiger charge is -2.26. The van der Waals surface area contributed by atoms with E-state index in [-0.39, 0.29) is 5.91 Å². The van der Waals surface area contributed by atoms with Gasteiger partial charge >= 0.3 is 0 Å². The first kappa shape index (κ1) is 14.3. The SMILES string of the molecule is CC[C@@](C)(NCc1cc(Cl)ccc1Cl)C(N)=O. The fourth-order valence-corrected chi connectivity index (χ4v) is 1.73. The molecule has 0 spiro atoms. The average molecular weight is 275 g/mol. The van der Waals surface area contributed by atoms with Crippen LogP contribution in [0.25, 0.3) is 0 Å². The van der Waals surface area contributed by atoms with Gasteiger partial charge in [-0.1, -0.05) is 30.1 Å². The fraction of sp³-hybridized carbons (Fsp3) is 0.417. The highest BCUT2D eigenvalue weighted by Crippen LogP contribution is 2.21. The molecular formula is C12H16Cl2N2O. The van der Waals surface area contributed by atoms with Crippen LogP contribution in [0.3, 0.4) is 0 Å². The summed E-state index contributed by atoms with van der Waals surface area (Å²) in [5, 5.41) is 4.34. The molecule has 3 N–H and O–H groups in total. The molecule has 1 aromatic rings. The Kier molecular flexibility index (Phi) is 4.80. The maximum Gasteiger partial charge on any atom is 0.237 e. The first-order valence-corrected chi connectivity index (χ1v) is 6.13. The molecule has 3 nitrogen and oxygen atoms in total. The number of nitrogens with one attached hydrogen (secondary N) is 1. The Morgan fingerprint density at radius 3 is 2.65 bits per heavy atom. The van der Waals surface area contributed by atoms with Crippen LogP contribution in [0.2, 0.25) is 10.0 Å². The Balaban J connectivity index is 2.79. The topological polar surface area (TPSA) is 55.1 Å². The van der Waals surface area contributed by atoms with Gasteiger partial charge in [0, 0.05) is 16.6 Å². The number of halogens is 2. The summed E-state index contributed by atoms with van der Waals surface area (Å²) in [6.45, 7) is 4.12. The van der Waals surface area contributed by atoms with Crippen LogP contribution in [0, 0.1) is 0 Å². The predicted octanol–water partition coefficient (Wildman–Crippen LogP) is 2.74. The van der Waals surface area contributed by atoms with Crippen molar-refractivity contribution in [3.8, 4) is 0 Å². The van der Waals surface area contributed by atoms with Crippen LogP contribution in [0.1, 0.15) is 25.8 Å². The highest BCUT2D eigenvalue weighted by atomic mass is 35.5. The maximum atomic E-state index is 11.3. The van der Waals surface area contributed by atoms with Crippen LogP contribution in [0.5, 0.6) is 0 Å². The van der Waals surface area contributed by atoms with Gasteiger partial charge in [-0.2, -0.15) is 0 Å². The van der Waals surface area contributed by atoms with E-state index in [2.05, 4.69) is 5.32 Å². The van der Waals surface area contributed by atoms with E-state index < -0.39 is 5.54 Å². The number of benzene rings is 1. The van der Waals surface area contributed by atoms with Gasteiger partial charge < -0.3 is 5.73 Å². The number of hydrogen-bond acceptors (Lipinski definition) is 2. The zero-order valence-electron chi connectivity index (χ0n) is 9.89. The summed E-state index contributed by atoms with van der Waals surface area (Å²) in [5.41, 5.74) is 5.47. The fourth-order valence-electron chi connectivity index (χ4n) is 1.36. The number of hydrogen-bond donors (Lipinski definition) is 2. The molecule has 5 heteroatoms. The van der Waals surface area contributed by atoms with E-state index in [4.69, 9.17) is 28.9 Å². The zero-order chi connectivity index (χ0) is 13.1. The lowest BCUT2D eigenvalue weighted by Crippen LogP contribution is -2.52. The summed E-state index contributed by atoms with van der Waals surface area (Å²) < 4.78 is 0. The van der Waals surface area contributed by atoms with E-state index in [1.807, 2.05) is 6.92 Å². The minimum Gasteiger partial charge on any atom is -0.368 e. The van der Waals surface area contributed by atoms with Crippen LogP contribution in [-0.2, 0) is 11.3 Å². The first-order chi connectivity index (χ1) is 7.89.